The van der Waals surface area contributed by atoms with E-state index in [1.54, 1.807) is 0 Å². The summed E-state index contributed by atoms with van der Waals surface area (Å²) in [5, 5.41) is 2.69. The van der Waals surface area contributed by atoms with Crippen LogP contribution in [0.25, 0.3) is 10.8 Å². The van der Waals surface area contributed by atoms with Crippen molar-refractivity contribution in [1.29, 1.82) is 0 Å². The fourth-order valence-electron chi connectivity index (χ4n) is 3.40. The third-order valence-corrected chi connectivity index (χ3v) is 6.32. The van der Waals surface area contributed by atoms with Crippen LogP contribution in [-0.2, 0) is 24.2 Å². The summed E-state index contributed by atoms with van der Waals surface area (Å²) >= 11 is 1.46. The second-order valence-corrected chi connectivity index (χ2v) is 8.05. The molecule has 0 fully saturated rings. The van der Waals surface area contributed by atoms with Crippen molar-refractivity contribution >= 4 is 14.0 Å². The molecule has 0 aromatic heterocycles. The summed E-state index contributed by atoms with van der Waals surface area (Å²) in [6.07, 6.45) is 8.69. The van der Waals surface area contributed by atoms with Crippen LogP contribution in [0.15, 0.2) is 121 Å². The Kier molecular flexibility index (Phi) is 6.15. The maximum atomic E-state index is 2.28. The van der Waals surface area contributed by atoms with Gasteiger partial charge in [-0.3, -0.25) is 0 Å². The van der Waals surface area contributed by atoms with Crippen LogP contribution >= 0.6 is 0 Å². The molecular weight excluding hydrogens is 416 g/mol. The van der Waals surface area contributed by atoms with Crippen molar-refractivity contribution in [3.63, 3.8) is 0 Å². The third kappa shape index (κ3) is 4.49. The van der Waals surface area contributed by atoms with Gasteiger partial charge in [0.1, 0.15) is 0 Å². The molecule has 5 rings (SSSR count). The topological polar surface area (TPSA) is 0 Å². The first-order valence-electron chi connectivity index (χ1n) is 9.51. The number of hydrogen-bond donors (Lipinski definition) is 0. The first-order valence-corrected chi connectivity index (χ1v) is 10.7. The van der Waals surface area contributed by atoms with Crippen LogP contribution < -0.4 is 0 Å². The molecule has 0 spiro atoms. The standard InChI is InChI=1S/C14H11.C13H10.Zr/c1-2-6-11(5-1)14-9-12-7-3-4-8-13(12)10-14;1-3-7-12(8-4-1)11-13-9-5-2-6-10-13;/h1-11H;1-10H;/q-1;;. The summed E-state index contributed by atoms with van der Waals surface area (Å²) in [6.45, 7) is 0. The molecule has 0 unspecified atom stereocenters. The molecule has 0 atom stereocenters. The van der Waals surface area contributed by atoms with E-state index in [1.807, 2.05) is 0 Å². The Morgan fingerprint density at radius 3 is 1.79 bits per heavy atom. The van der Waals surface area contributed by atoms with E-state index in [0.29, 0.717) is 5.92 Å². The second-order valence-electron chi connectivity index (χ2n) is 6.82. The van der Waals surface area contributed by atoms with E-state index < -0.39 is 0 Å². The Morgan fingerprint density at radius 1 is 0.679 bits per heavy atom. The van der Waals surface area contributed by atoms with Gasteiger partial charge in [0, 0.05) is 5.92 Å². The van der Waals surface area contributed by atoms with Crippen LogP contribution in [0.2, 0.25) is 0 Å². The Hall–Kier alpha value is -2.50. The fraction of sp³-hybridized carbons (Fsp3) is 0.0370. The number of benzene rings is 3. The molecule has 0 radical (unpaired) electrons. The van der Waals surface area contributed by atoms with Crippen molar-refractivity contribution in [2.75, 3.05) is 0 Å². The van der Waals surface area contributed by atoms with Crippen molar-refractivity contribution in [3.8, 4) is 0 Å². The average Bonchev–Trinajstić information content (AvgIpc) is 3.44. The molecule has 1 aliphatic carbocycles. The van der Waals surface area contributed by atoms with E-state index >= 15 is 0 Å². The van der Waals surface area contributed by atoms with Crippen molar-refractivity contribution in [2.45, 2.75) is 5.92 Å². The Morgan fingerprint density at radius 2 is 1.21 bits per heavy atom. The molecule has 4 aromatic carbocycles. The predicted octanol–water partition coefficient (Wildman–Crippen LogP) is 6.57. The van der Waals surface area contributed by atoms with E-state index in [1.165, 1.54) is 54.9 Å². The Bertz CT molecular complexity index is 1030. The first kappa shape index (κ1) is 18.8. The molecule has 0 saturated heterocycles. The molecule has 0 heterocycles. The summed E-state index contributed by atoms with van der Waals surface area (Å²) in [4.78, 5) is 0. The van der Waals surface area contributed by atoms with Gasteiger partial charge in [-0.1, -0.05) is 30.4 Å². The van der Waals surface area contributed by atoms with E-state index in [-0.39, 0.29) is 0 Å². The Labute approximate surface area is 181 Å². The minimum atomic E-state index is 0.488. The molecule has 1 aliphatic rings. The molecule has 0 amide bonds. The van der Waals surface area contributed by atoms with Gasteiger partial charge in [0.25, 0.3) is 0 Å². The Balaban J connectivity index is 0.000000137. The first-order chi connectivity index (χ1) is 13.8. The van der Waals surface area contributed by atoms with Crippen LogP contribution in [0.5, 0.6) is 0 Å². The van der Waals surface area contributed by atoms with Crippen molar-refractivity contribution in [2.24, 2.45) is 0 Å². The molecule has 4 aromatic rings. The van der Waals surface area contributed by atoms with Gasteiger partial charge in [0.2, 0.25) is 0 Å². The maximum absolute atomic E-state index is 2.28. The van der Waals surface area contributed by atoms with Gasteiger partial charge in [-0.05, 0) is 0 Å². The summed E-state index contributed by atoms with van der Waals surface area (Å²) in [7, 11) is 0. The van der Waals surface area contributed by atoms with Crippen LogP contribution in [0.1, 0.15) is 22.6 Å². The third-order valence-electron chi connectivity index (χ3n) is 4.90. The van der Waals surface area contributed by atoms with E-state index in [4.69, 9.17) is 0 Å². The van der Waals surface area contributed by atoms with Gasteiger partial charge in [0.05, 0.1) is 0 Å². The molecule has 0 saturated carbocycles. The molecule has 134 valence electrons. The predicted molar refractivity (Wildman–Crippen MR) is 117 cm³/mol. The number of allylic oxidation sites excluding steroid dienone is 4. The minimum absolute atomic E-state index is 0.488. The van der Waals surface area contributed by atoms with Crippen LogP contribution in [0, 0.1) is 0 Å². The van der Waals surface area contributed by atoms with Crippen molar-refractivity contribution < 1.29 is 24.2 Å². The van der Waals surface area contributed by atoms with Crippen LogP contribution in [-0.4, -0.2) is 3.21 Å². The molecule has 28 heavy (non-hydrogen) atoms. The number of rotatable bonds is 3. The van der Waals surface area contributed by atoms with E-state index in [9.17, 15) is 0 Å². The summed E-state index contributed by atoms with van der Waals surface area (Å²) in [5.74, 6) is 0.488. The second kappa shape index (κ2) is 9.13. The van der Waals surface area contributed by atoms with Crippen molar-refractivity contribution in [3.05, 3.63) is 138 Å². The van der Waals surface area contributed by atoms with Gasteiger partial charge in [0.15, 0.2) is 0 Å². The van der Waals surface area contributed by atoms with Gasteiger partial charge in [-0.2, -0.15) is 6.07 Å². The monoisotopic (exact) mass is 435 g/mol. The van der Waals surface area contributed by atoms with Crippen LogP contribution in [0.3, 0.4) is 0 Å². The van der Waals surface area contributed by atoms with Gasteiger partial charge in [-0.15, -0.1) is 40.6 Å². The zero-order valence-corrected chi connectivity index (χ0v) is 18.1. The molecular formula is C27H21Zr-. The van der Waals surface area contributed by atoms with E-state index in [2.05, 4.69) is 121 Å². The summed E-state index contributed by atoms with van der Waals surface area (Å²) in [6, 6.07) is 34.2. The summed E-state index contributed by atoms with van der Waals surface area (Å²) < 4.78 is 1.42. The molecule has 0 bridgehead atoms. The SMILES string of the molecule is C1=CC(c2cc3ccccc3[cH-]2)C=C1.[Zr]=[C](c1ccccc1)c1ccccc1. The van der Waals surface area contributed by atoms with Gasteiger partial charge in [-0.25, -0.2) is 0 Å². The fourth-order valence-corrected chi connectivity index (χ4v) is 4.22. The van der Waals surface area contributed by atoms with Crippen LogP contribution in [0.4, 0.5) is 0 Å². The quantitative estimate of drug-likeness (QED) is 0.319. The number of hydrogen-bond acceptors (Lipinski definition) is 0. The zero-order valence-electron chi connectivity index (χ0n) is 15.6. The van der Waals surface area contributed by atoms with Crippen molar-refractivity contribution in [1.82, 2.24) is 0 Å². The number of fused-ring (bicyclic) bond motifs is 1. The molecule has 0 nitrogen and oxygen atoms in total. The van der Waals surface area contributed by atoms with Gasteiger partial charge < -0.3 is 0 Å². The van der Waals surface area contributed by atoms with E-state index in [0.717, 1.165) is 0 Å². The van der Waals surface area contributed by atoms with Gasteiger partial charge >= 0.3 is 99.2 Å². The average molecular weight is 437 g/mol. The molecule has 0 aliphatic heterocycles. The normalized spacial score (nSPS) is 12.7. The zero-order chi connectivity index (χ0) is 19.2. The summed E-state index contributed by atoms with van der Waals surface area (Å²) in [5.41, 5.74) is 4.06. The molecule has 0 N–H and O–H groups in total. The molecule has 1 heteroatoms.